The van der Waals surface area contributed by atoms with Gasteiger partial charge in [0.25, 0.3) is 5.69 Å². The maximum Gasteiger partial charge on any atom is 0.275 e. The third kappa shape index (κ3) is 2.32. The number of ether oxygens (including phenoxy) is 1. The van der Waals surface area contributed by atoms with Crippen molar-refractivity contribution in [3.05, 3.63) is 61.1 Å². The van der Waals surface area contributed by atoms with Crippen LogP contribution in [0.2, 0.25) is 0 Å². The van der Waals surface area contributed by atoms with Crippen molar-refractivity contribution in [2.24, 2.45) is 5.73 Å². The molecular weight excluding hydrogens is 322 g/mol. The van der Waals surface area contributed by atoms with Gasteiger partial charge in [-0.25, -0.2) is 0 Å². The highest BCUT2D eigenvalue weighted by atomic mass is 16.6. The minimum Gasteiger partial charge on any atom is -0.420 e. The Hall–Kier alpha value is -3.34. The summed E-state index contributed by atoms with van der Waals surface area (Å²) in [6.07, 6.45) is 0. The molecule has 0 spiro atoms. The van der Waals surface area contributed by atoms with Gasteiger partial charge in [0.2, 0.25) is 11.8 Å². The second kappa shape index (κ2) is 5.63. The summed E-state index contributed by atoms with van der Waals surface area (Å²) >= 11 is 0. The summed E-state index contributed by atoms with van der Waals surface area (Å²) in [5.74, 6) is -0.304. The van der Waals surface area contributed by atoms with Crippen LogP contribution in [0.3, 0.4) is 0 Å². The van der Waals surface area contributed by atoms with Crippen LogP contribution in [0.4, 0.5) is 5.69 Å². The van der Waals surface area contributed by atoms with E-state index in [0.717, 1.165) is 11.3 Å². The van der Waals surface area contributed by atoms with Gasteiger partial charge in [0, 0.05) is 22.4 Å². The highest BCUT2D eigenvalue weighted by Gasteiger charge is 2.37. The molecule has 1 aliphatic heterocycles. The quantitative estimate of drug-likeness (QED) is 0.639. The van der Waals surface area contributed by atoms with Gasteiger partial charge >= 0.3 is 0 Å². The van der Waals surface area contributed by atoms with Crippen molar-refractivity contribution < 1.29 is 9.66 Å². The number of aromatic amines is 1. The molecule has 0 aliphatic carbocycles. The molecule has 8 nitrogen and oxygen atoms in total. The maximum atomic E-state index is 11.5. The standard InChI is InChI=1S/C17H17N5O3/c1-7-5-8(2)15(22(23)24)9(3)12(7)14-11(6-18)16(19)25-17-13(14)10(4)20-21-17/h5,14H,19H2,1-4H3,(H,20,21)/t14-/m1/s1. The van der Waals surface area contributed by atoms with Crippen LogP contribution in [0.15, 0.2) is 17.5 Å². The molecule has 0 radical (unpaired) electrons. The Kier molecular flexibility index (Phi) is 3.72. The number of nitro benzene ring substituents is 1. The number of nitrogens with one attached hydrogen (secondary N) is 1. The Morgan fingerprint density at radius 2 is 2.00 bits per heavy atom. The summed E-state index contributed by atoms with van der Waals surface area (Å²) in [6.45, 7) is 7.08. The number of benzene rings is 1. The lowest BCUT2D eigenvalue weighted by Gasteiger charge is -2.26. The molecule has 0 saturated carbocycles. The summed E-state index contributed by atoms with van der Waals surface area (Å²) in [5.41, 5.74) is 10.2. The average Bonchev–Trinajstić information content (AvgIpc) is 2.86. The van der Waals surface area contributed by atoms with Gasteiger partial charge in [-0.2, -0.15) is 5.26 Å². The second-order valence-electron chi connectivity index (χ2n) is 6.15. The monoisotopic (exact) mass is 339 g/mol. The zero-order valence-electron chi connectivity index (χ0n) is 14.3. The fraction of sp³-hybridized carbons (Fsp3) is 0.294. The van der Waals surface area contributed by atoms with E-state index < -0.39 is 10.8 Å². The first-order chi connectivity index (χ1) is 11.8. The fourth-order valence-electron chi connectivity index (χ4n) is 3.60. The first kappa shape index (κ1) is 16.5. The van der Waals surface area contributed by atoms with Crippen LogP contribution in [-0.2, 0) is 0 Å². The lowest BCUT2D eigenvalue weighted by Crippen LogP contribution is -2.22. The molecule has 1 aromatic carbocycles. The van der Waals surface area contributed by atoms with Crippen LogP contribution >= 0.6 is 0 Å². The molecule has 128 valence electrons. The van der Waals surface area contributed by atoms with Gasteiger partial charge in [-0.05, 0) is 44.9 Å². The molecule has 0 unspecified atom stereocenters. The molecule has 2 aromatic rings. The fourth-order valence-corrected chi connectivity index (χ4v) is 3.60. The third-order valence-corrected chi connectivity index (χ3v) is 4.59. The summed E-state index contributed by atoms with van der Waals surface area (Å²) in [6, 6.07) is 3.86. The average molecular weight is 339 g/mol. The molecule has 1 aliphatic rings. The molecule has 3 N–H and O–H groups in total. The topological polar surface area (TPSA) is 131 Å². The zero-order chi connectivity index (χ0) is 18.5. The van der Waals surface area contributed by atoms with Crippen LogP contribution in [0, 0.1) is 49.1 Å². The van der Waals surface area contributed by atoms with Crippen LogP contribution in [0.5, 0.6) is 5.88 Å². The number of aromatic nitrogens is 2. The number of hydrogen-bond acceptors (Lipinski definition) is 6. The zero-order valence-corrected chi connectivity index (χ0v) is 14.3. The Labute approximate surface area is 144 Å². The minimum absolute atomic E-state index is 0.0338. The van der Waals surface area contributed by atoms with E-state index in [-0.39, 0.29) is 17.1 Å². The van der Waals surface area contributed by atoms with E-state index >= 15 is 0 Å². The minimum atomic E-state index is -0.563. The number of rotatable bonds is 2. The number of nitriles is 1. The Bertz CT molecular complexity index is 981. The van der Waals surface area contributed by atoms with Crippen molar-refractivity contribution in [3.8, 4) is 11.9 Å². The number of nitrogens with zero attached hydrogens (tertiary/aromatic N) is 3. The van der Waals surface area contributed by atoms with Crippen molar-refractivity contribution in [1.82, 2.24) is 10.2 Å². The number of fused-ring (bicyclic) bond motifs is 1. The number of aryl methyl sites for hydroxylation is 3. The summed E-state index contributed by atoms with van der Waals surface area (Å²) in [5, 5.41) is 28.1. The molecule has 1 atom stereocenters. The molecule has 0 bridgehead atoms. The molecule has 0 fully saturated rings. The van der Waals surface area contributed by atoms with E-state index in [1.165, 1.54) is 0 Å². The molecule has 8 heteroatoms. The van der Waals surface area contributed by atoms with Crippen molar-refractivity contribution >= 4 is 5.69 Å². The highest BCUT2D eigenvalue weighted by molar-refractivity contribution is 5.63. The van der Waals surface area contributed by atoms with Crippen LogP contribution < -0.4 is 10.5 Å². The van der Waals surface area contributed by atoms with E-state index in [1.807, 2.05) is 13.8 Å². The molecule has 1 aromatic heterocycles. The van der Waals surface area contributed by atoms with Crippen LogP contribution in [-0.4, -0.2) is 15.1 Å². The van der Waals surface area contributed by atoms with Crippen molar-refractivity contribution in [1.29, 1.82) is 5.26 Å². The number of nitrogens with two attached hydrogens (primary N) is 1. The lowest BCUT2D eigenvalue weighted by molar-refractivity contribution is -0.386. The summed E-state index contributed by atoms with van der Waals surface area (Å²) in [7, 11) is 0. The maximum absolute atomic E-state index is 11.5. The first-order valence-corrected chi connectivity index (χ1v) is 7.65. The van der Waals surface area contributed by atoms with E-state index in [1.54, 1.807) is 19.9 Å². The molecule has 2 heterocycles. The van der Waals surface area contributed by atoms with E-state index in [0.29, 0.717) is 28.1 Å². The van der Waals surface area contributed by atoms with Gasteiger partial charge in [-0.15, -0.1) is 5.10 Å². The summed E-state index contributed by atoms with van der Waals surface area (Å²) < 4.78 is 5.45. The number of hydrogen-bond donors (Lipinski definition) is 2. The summed E-state index contributed by atoms with van der Waals surface area (Å²) in [4.78, 5) is 11.1. The number of nitro groups is 1. The number of allylic oxidation sites excluding steroid dienone is 1. The van der Waals surface area contributed by atoms with Gasteiger partial charge in [0.15, 0.2) is 0 Å². The van der Waals surface area contributed by atoms with E-state index in [9.17, 15) is 15.4 Å². The van der Waals surface area contributed by atoms with Crippen molar-refractivity contribution in [2.75, 3.05) is 0 Å². The molecule has 3 rings (SSSR count). The Morgan fingerprint density at radius 3 is 2.60 bits per heavy atom. The Balaban J connectivity index is 2.39. The normalized spacial score (nSPS) is 16.2. The SMILES string of the molecule is Cc1cc(C)c([N+](=O)[O-])c(C)c1[C@H]1C(C#N)=C(N)Oc2n[nH]c(C)c21. The van der Waals surface area contributed by atoms with Gasteiger partial charge in [-0.1, -0.05) is 0 Å². The van der Waals surface area contributed by atoms with Gasteiger partial charge in [-0.3, -0.25) is 15.2 Å². The lowest BCUT2D eigenvalue weighted by atomic mass is 9.79. The van der Waals surface area contributed by atoms with Gasteiger partial charge < -0.3 is 10.5 Å². The largest absolute Gasteiger partial charge is 0.420 e. The van der Waals surface area contributed by atoms with Gasteiger partial charge in [0.05, 0.1) is 10.8 Å². The van der Waals surface area contributed by atoms with Gasteiger partial charge in [0.1, 0.15) is 11.6 Å². The molecule has 0 amide bonds. The smallest absolute Gasteiger partial charge is 0.275 e. The Morgan fingerprint density at radius 1 is 1.32 bits per heavy atom. The highest BCUT2D eigenvalue weighted by Crippen LogP contribution is 2.46. The molecule has 0 saturated heterocycles. The van der Waals surface area contributed by atoms with Crippen LogP contribution in [0.25, 0.3) is 0 Å². The third-order valence-electron chi connectivity index (χ3n) is 4.59. The van der Waals surface area contributed by atoms with Crippen LogP contribution in [0.1, 0.15) is 39.4 Å². The molecular formula is C17H17N5O3. The molecule has 25 heavy (non-hydrogen) atoms. The van der Waals surface area contributed by atoms with E-state index in [4.69, 9.17) is 10.5 Å². The number of H-pyrrole nitrogens is 1. The van der Waals surface area contributed by atoms with E-state index in [2.05, 4.69) is 16.3 Å². The first-order valence-electron chi connectivity index (χ1n) is 7.65. The predicted octanol–water partition coefficient (Wildman–Crippen LogP) is 2.77. The van der Waals surface area contributed by atoms with Crippen molar-refractivity contribution in [2.45, 2.75) is 33.6 Å². The van der Waals surface area contributed by atoms with Crippen molar-refractivity contribution in [3.63, 3.8) is 0 Å². The predicted molar refractivity (Wildman–Crippen MR) is 89.9 cm³/mol. The second-order valence-corrected chi connectivity index (χ2v) is 6.15.